The van der Waals surface area contributed by atoms with Gasteiger partial charge in [-0.2, -0.15) is 5.26 Å². The summed E-state index contributed by atoms with van der Waals surface area (Å²) in [7, 11) is 0. The van der Waals surface area contributed by atoms with Gasteiger partial charge in [0, 0.05) is 11.1 Å². The Labute approximate surface area is 114 Å². The van der Waals surface area contributed by atoms with Crippen molar-refractivity contribution in [3.8, 4) is 17.5 Å². The molecule has 0 aliphatic heterocycles. The van der Waals surface area contributed by atoms with Gasteiger partial charge < -0.3 is 5.11 Å². The second kappa shape index (κ2) is 4.56. The molecule has 0 aliphatic carbocycles. The third-order valence-electron chi connectivity index (χ3n) is 3.18. The average Bonchev–Trinajstić information content (AvgIpc) is 2.49. The number of nitriles is 1. The highest BCUT2D eigenvalue weighted by Crippen LogP contribution is 2.27. The molecule has 4 nitrogen and oxygen atoms in total. The second-order valence-corrected chi connectivity index (χ2v) is 4.33. The molecule has 20 heavy (non-hydrogen) atoms. The number of nitrogens with zero attached hydrogens (tertiary/aromatic N) is 2. The number of pyridine rings is 1. The van der Waals surface area contributed by atoms with Gasteiger partial charge in [-0.3, -0.25) is 9.36 Å². The maximum absolute atomic E-state index is 12.4. The minimum Gasteiger partial charge on any atom is -0.506 e. The monoisotopic (exact) mass is 262 g/mol. The van der Waals surface area contributed by atoms with Gasteiger partial charge >= 0.3 is 0 Å². The van der Waals surface area contributed by atoms with Crippen molar-refractivity contribution in [2.45, 2.75) is 0 Å². The molecule has 0 amide bonds. The van der Waals surface area contributed by atoms with Gasteiger partial charge in [0.15, 0.2) is 5.56 Å². The zero-order valence-corrected chi connectivity index (χ0v) is 10.4. The molecule has 0 aliphatic rings. The first-order valence-electron chi connectivity index (χ1n) is 6.06. The highest BCUT2D eigenvalue weighted by molar-refractivity contribution is 5.88. The highest BCUT2D eigenvalue weighted by atomic mass is 16.3. The quantitative estimate of drug-likeness (QED) is 0.733. The van der Waals surface area contributed by atoms with Crippen molar-refractivity contribution >= 4 is 10.9 Å². The molecule has 3 rings (SSSR count). The van der Waals surface area contributed by atoms with Gasteiger partial charge in [0.25, 0.3) is 5.56 Å². The maximum Gasteiger partial charge on any atom is 0.277 e. The van der Waals surface area contributed by atoms with Crippen LogP contribution in [0.15, 0.2) is 59.4 Å². The lowest BCUT2D eigenvalue weighted by Crippen LogP contribution is -2.21. The number of rotatable bonds is 1. The van der Waals surface area contributed by atoms with E-state index in [2.05, 4.69) is 0 Å². The minimum absolute atomic E-state index is 0.243. The molecule has 0 spiro atoms. The van der Waals surface area contributed by atoms with Gasteiger partial charge in [-0.25, -0.2) is 0 Å². The Hall–Kier alpha value is -3.06. The van der Waals surface area contributed by atoms with E-state index in [1.807, 2.05) is 18.2 Å². The molecule has 3 aromatic rings. The van der Waals surface area contributed by atoms with Crippen LogP contribution in [0.25, 0.3) is 16.6 Å². The standard InChI is InChI=1S/C16H10N2O2/c17-10-13-15(19)12-8-4-5-9-14(12)18(16(13)20)11-6-2-1-3-7-11/h1-9,19H. The molecule has 1 heterocycles. The van der Waals surface area contributed by atoms with E-state index in [1.165, 1.54) is 4.57 Å². The van der Waals surface area contributed by atoms with Crippen molar-refractivity contribution < 1.29 is 5.11 Å². The summed E-state index contributed by atoms with van der Waals surface area (Å²) in [6, 6.07) is 17.8. The number of hydrogen-bond donors (Lipinski definition) is 1. The van der Waals surface area contributed by atoms with Gasteiger partial charge in [0.1, 0.15) is 11.8 Å². The largest absolute Gasteiger partial charge is 0.506 e. The normalized spacial score (nSPS) is 10.3. The summed E-state index contributed by atoms with van der Waals surface area (Å²) < 4.78 is 1.44. The molecule has 0 saturated carbocycles. The molecule has 2 aromatic carbocycles. The van der Waals surface area contributed by atoms with E-state index in [-0.39, 0.29) is 11.3 Å². The highest BCUT2D eigenvalue weighted by Gasteiger charge is 2.16. The van der Waals surface area contributed by atoms with Crippen LogP contribution in [-0.4, -0.2) is 9.67 Å². The van der Waals surface area contributed by atoms with Crippen LogP contribution in [0.3, 0.4) is 0 Å². The molecule has 4 heteroatoms. The van der Waals surface area contributed by atoms with Crippen LogP contribution < -0.4 is 5.56 Å². The summed E-state index contributed by atoms with van der Waals surface area (Å²) in [6.07, 6.45) is 0. The van der Waals surface area contributed by atoms with Crippen LogP contribution in [0.2, 0.25) is 0 Å². The van der Waals surface area contributed by atoms with E-state index in [4.69, 9.17) is 5.26 Å². The third kappa shape index (κ3) is 1.65. The summed E-state index contributed by atoms with van der Waals surface area (Å²) in [5, 5.41) is 19.7. The van der Waals surface area contributed by atoms with Crippen molar-refractivity contribution in [1.29, 1.82) is 5.26 Å². The first-order valence-corrected chi connectivity index (χ1v) is 6.06. The maximum atomic E-state index is 12.4. The number of aromatic nitrogens is 1. The molecule has 0 saturated heterocycles. The molecule has 0 atom stereocenters. The van der Waals surface area contributed by atoms with Gasteiger partial charge in [0.05, 0.1) is 5.52 Å². The number of aromatic hydroxyl groups is 1. The van der Waals surface area contributed by atoms with Crippen molar-refractivity contribution in [2.24, 2.45) is 0 Å². The number of benzene rings is 2. The molecule has 0 radical (unpaired) electrons. The minimum atomic E-state index is -0.519. The second-order valence-electron chi connectivity index (χ2n) is 4.33. The fraction of sp³-hybridized carbons (Fsp3) is 0. The van der Waals surface area contributed by atoms with Crippen molar-refractivity contribution in [3.05, 3.63) is 70.5 Å². The molecule has 1 aromatic heterocycles. The Kier molecular flexibility index (Phi) is 2.73. The molecule has 1 N–H and O–H groups in total. The van der Waals surface area contributed by atoms with Crippen LogP contribution in [0.1, 0.15) is 5.56 Å². The molecule has 0 unspecified atom stereocenters. The number of hydrogen-bond acceptors (Lipinski definition) is 3. The summed E-state index contributed by atoms with van der Waals surface area (Å²) in [4.78, 5) is 12.4. The Morgan fingerprint density at radius 1 is 1.00 bits per heavy atom. The summed E-state index contributed by atoms with van der Waals surface area (Å²) in [5.74, 6) is -0.264. The lowest BCUT2D eigenvalue weighted by Gasteiger charge is -2.12. The van der Waals surface area contributed by atoms with E-state index in [9.17, 15) is 9.90 Å². The molecule has 96 valence electrons. The lowest BCUT2D eigenvalue weighted by molar-refractivity contribution is 0.478. The zero-order chi connectivity index (χ0) is 14.1. The molecule has 0 fully saturated rings. The van der Waals surface area contributed by atoms with Crippen molar-refractivity contribution in [1.82, 2.24) is 4.57 Å². The number of para-hydroxylation sites is 2. The molecular formula is C16H10N2O2. The first kappa shape index (κ1) is 12.0. The molecular weight excluding hydrogens is 252 g/mol. The van der Waals surface area contributed by atoms with Gasteiger partial charge in [-0.05, 0) is 24.3 Å². The first-order chi connectivity index (χ1) is 9.74. The van der Waals surface area contributed by atoms with Crippen LogP contribution in [0.5, 0.6) is 5.75 Å². The Morgan fingerprint density at radius 3 is 2.35 bits per heavy atom. The predicted octanol–water partition coefficient (Wildman–Crippen LogP) is 2.57. The van der Waals surface area contributed by atoms with Gasteiger partial charge in [-0.1, -0.05) is 30.3 Å². The summed E-state index contributed by atoms with van der Waals surface area (Å²) in [6.45, 7) is 0. The fourth-order valence-electron chi connectivity index (χ4n) is 2.26. The van der Waals surface area contributed by atoms with Crippen LogP contribution >= 0.6 is 0 Å². The van der Waals surface area contributed by atoms with Crippen LogP contribution in [0, 0.1) is 11.3 Å². The van der Waals surface area contributed by atoms with E-state index >= 15 is 0 Å². The summed E-state index contributed by atoms with van der Waals surface area (Å²) >= 11 is 0. The lowest BCUT2D eigenvalue weighted by atomic mass is 10.1. The van der Waals surface area contributed by atoms with E-state index in [0.29, 0.717) is 16.6 Å². The smallest absolute Gasteiger partial charge is 0.277 e. The van der Waals surface area contributed by atoms with E-state index in [1.54, 1.807) is 42.5 Å². The van der Waals surface area contributed by atoms with Crippen molar-refractivity contribution in [3.63, 3.8) is 0 Å². The van der Waals surface area contributed by atoms with Crippen molar-refractivity contribution in [2.75, 3.05) is 0 Å². The fourth-order valence-corrected chi connectivity index (χ4v) is 2.26. The van der Waals surface area contributed by atoms with Gasteiger partial charge in [-0.15, -0.1) is 0 Å². The van der Waals surface area contributed by atoms with Gasteiger partial charge in [0.2, 0.25) is 0 Å². The SMILES string of the molecule is N#Cc1c(O)c2ccccc2n(-c2ccccc2)c1=O. The summed E-state index contributed by atoms with van der Waals surface area (Å²) in [5.41, 5.74) is 0.466. The Balaban J connectivity index is 2.55. The third-order valence-corrected chi connectivity index (χ3v) is 3.18. The average molecular weight is 262 g/mol. The van der Waals surface area contributed by atoms with E-state index < -0.39 is 5.56 Å². The number of fused-ring (bicyclic) bond motifs is 1. The van der Waals surface area contributed by atoms with E-state index in [0.717, 1.165) is 0 Å². The van der Waals surface area contributed by atoms with Crippen LogP contribution in [0.4, 0.5) is 0 Å². The zero-order valence-electron chi connectivity index (χ0n) is 10.4. The Morgan fingerprint density at radius 2 is 1.65 bits per heavy atom. The topological polar surface area (TPSA) is 66.0 Å². The Bertz CT molecular complexity index is 890. The van der Waals surface area contributed by atoms with Crippen LogP contribution in [-0.2, 0) is 0 Å². The predicted molar refractivity (Wildman–Crippen MR) is 75.9 cm³/mol. The molecule has 0 bridgehead atoms.